The van der Waals surface area contributed by atoms with Crippen LogP contribution in [0, 0.1) is 46.3 Å². The molecule has 0 unspecified atom stereocenters. The highest BCUT2D eigenvalue weighted by Crippen LogP contribution is 2.70. The van der Waals surface area contributed by atoms with Crippen LogP contribution in [0.5, 0.6) is 0 Å². The highest BCUT2D eigenvalue weighted by molar-refractivity contribution is 5.21. The summed E-state index contributed by atoms with van der Waals surface area (Å²) in [5, 5.41) is 39.4. The lowest BCUT2D eigenvalue weighted by Crippen LogP contribution is -2.72. The number of imidazole rings is 1. The maximum absolute atomic E-state index is 12.4. The topological polar surface area (TPSA) is 101 Å². The van der Waals surface area contributed by atoms with Gasteiger partial charge in [-0.25, -0.2) is 4.98 Å². The largest absolute Gasteiger partial charge is 0.393 e. The van der Waals surface area contributed by atoms with Gasteiger partial charge in [0, 0.05) is 42.7 Å². The third kappa shape index (κ3) is 4.73. The van der Waals surface area contributed by atoms with Gasteiger partial charge in [0.25, 0.3) is 0 Å². The van der Waals surface area contributed by atoms with Crippen molar-refractivity contribution in [2.24, 2.45) is 46.3 Å². The van der Waals surface area contributed by atoms with Gasteiger partial charge in [-0.05, 0) is 92.3 Å². The van der Waals surface area contributed by atoms with Gasteiger partial charge in [0.1, 0.15) is 0 Å². The summed E-state index contributed by atoms with van der Waals surface area (Å²) < 4.78 is 0. The number of nitrogens with one attached hydrogen (secondary N) is 2. The van der Waals surface area contributed by atoms with E-state index in [-0.39, 0.29) is 16.9 Å². The molecule has 39 heavy (non-hydrogen) atoms. The lowest BCUT2D eigenvalue weighted by atomic mass is 9.41. The number of aromatic nitrogens is 2. The fraction of sp³-hybridized carbons (Fsp3) is 0.909. The van der Waals surface area contributed by atoms with Crippen LogP contribution >= 0.6 is 0 Å². The second-order valence-electron chi connectivity index (χ2n) is 15.3. The molecule has 0 aromatic carbocycles. The molecule has 0 radical (unpaired) electrons. The highest BCUT2D eigenvalue weighted by Gasteiger charge is 2.70. The van der Waals surface area contributed by atoms with Crippen LogP contribution in [0.15, 0.2) is 12.5 Å². The van der Waals surface area contributed by atoms with Gasteiger partial charge in [-0.3, -0.25) is 0 Å². The second kappa shape index (κ2) is 10.7. The zero-order valence-corrected chi connectivity index (χ0v) is 25.5. The first-order valence-electron chi connectivity index (χ1n) is 16.2. The minimum Gasteiger partial charge on any atom is -0.393 e. The average molecular weight is 544 g/mol. The van der Waals surface area contributed by atoms with Crippen LogP contribution in [-0.4, -0.2) is 55.2 Å². The maximum Gasteiger partial charge on any atom is 0.0921 e. The lowest BCUT2D eigenvalue weighted by molar-refractivity contribution is -0.242. The molecule has 0 bridgehead atoms. The van der Waals surface area contributed by atoms with E-state index in [0.717, 1.165) is 70.0 Å². The fourth-order valence-electron chi connectivity index (χ4n) is 10.3. The molecule has 4 saturated carbocycles. The summed E-state index contributed by atoms with van der Waals surface area (Å²) in [5.74, 6) is 3.08. The Hall–Kier alpha value is -0.950. The summed E-state index contributed by atoms with van der Waals surface area (Å²) in [6.07, 6.45) is 13.5. The van der Waals surface area contributed by atoms with Crippen LogP contribution in [-0.2, 0) is 6.42 Å². The number of hydrogen-bond donors (Lipinski definition) is 5. The Bertz CT molecular complexity index is 969. The van der Waals surface area contributed by atoms with Crippen molar-refractivity contribution in [1.29, 1.82) is 0 Å². The van der Waals surface area contributed by atoms with E-state index in [2.05, 4.69) is 56.8 Å². The van der Waals surface area contributed by atoms with Crippen LogP contribution in [0.3, 0.4) is 0 Å². The van der Waals surface area contributed by atoms with Crippen molar-refractivity contribution >= 4 is 0 Å². The summed E-state index contributed by atoms with van der Waals surface area (Å²) in [6, 6.07) is -0.0537. The Labute approximate surface area is 237 Å². The van der Waals surface area contributed by atoms with Crippen molar-refractivity contribution in [3.05, 3.63) is 18.2 Å². The van der Waals surface area contributed by atoms with E-state index in [4.69, 9.17) is 0 Å². The number of aliphatic hydroxyl groups is 3. The van der Waals surface area contributed by atoms with Crippen LogP contribution < -0.4 is 5.32 Å². The number of aromatic amines is 1. The SMILES string of the molecule is CC(C)[C@H](C)CC[C@@H](C)[C@@]1(O)CC[C@H]2[C@@H]3C[C@@H](NCCc4cnc[nH]4)[C@@]4(O)C[C@@H](O)CC[C@]4(C)[C@H]3CC[C@@]21C. The summed E-state index contributed by atoms with van der Waals surface area (Å²) in [7, 11) is 0. The van der Waals surface area contributed by atoms with Crippen molar-refractivity contribution in [3.8, 4) is 0 Å². The summed E-state index contributed by atoms with van der Waals surface area (Å²) in [4.78, 5) is 7.35. The van der Waals surface area contributed by atoms with Crippen molar-refractivity contribution in [3.63, 3.8) is 0 Å². The van der Waals surface area contributed by atoms with Gasteiger partial charge in [-0.15, -0.1) is 0 Å². The van der Waals surface area contributed by atoms with Crippen LogP contribution in [0.2, 0.25) is 0 Å². The summed E-state index contributed by atoms with van der Waals surface area (Å²) in [6.45, 7) is 14.8. The predicted molar refractivity (Wildman–Crippen MR) is 156 cm³/mol. The fourth-order valence-corrected chi connectivity index (χ4v) is 10.3. The average Bonchev–Trinajstić information content (AvgIpc) is 3.50. The van der Waals surface area contributed by atoms with E-state index in [1.165, 1.54) is 6.42 Å². The van der Waals surface area contributed by atoms with E-state index < -0.39 is 17.3 Å². The normalized spacial score (nSPS) is 45.4. The van der Waals surface area contributed by atoms with Gasteiger partial charge in [0.05, 0.1) is 23.6 Å². The van der Waals surface area contributed by atoms with E-state index in [9.17, 15) is 15.3 Å². The summed E-state index contributed by atoms with van der Waals surface area (Å²) >= 11 is 0. The van der Waals surface area contributed by atoms with Gasteiger partial charge in [0.2, 0.25) is 0 Å². The minimum atomic E-state index is -0.914. The molecule has 5 N–H and O–H groups in total. The smallest absolute Gasteiger partial charge is 0.0921 e. The molecule has 1 aromatic heterocycles. The van der Waals surface area contributed by atoms with Crippen molar-refractivity contribution in [2.75, 3.05) is 6.54 Å². The Morgan fingerprint density at radius 2 is 1.69 bits per heavy atom. The molecular weight excluding hydrogens is 486 g/mol. The van der Waals surface area contributed by atoms with Crippen molar-refractivity contribution < 1.29 is 15.3 Å². The van der Waals surface area contributed by atoms with Gasteiger partial charge < -0.3 is 25.6 Å². The van der Waals surface area contributed by atoms with Crippen LogP contribution in [0.1, 0.15) is 111 Å². The Balaban J connectivity index is 1.38. The molecule has 4 fully saturated rings. The molecule has 1 aromatic rings. The Morgan fingerprint density at radius 1 is 1.00 bits per heavy atom. The van der Waals surface area contributed by atoms with Gasteiger partial charge in [-0.1, -0.05) is 48.0 Å². The molecule has 1 heterocycles. The molecule has 0 aliphatic heterocycles. The first kappa shape index (κ1) is 29.5. The first-order chi connectivity index (χ1) is 18.4. The third-order valence-corrected chi connectivity index (χ3v) is 13.4. The van der Waals surface area contributed by atoms with E-state index in [1.54, 1.807) is 6.33 Å². The monoisotopic (exact) mass is 543 g/mol. The number of hydrogen-bond acceptors (Lipinski definition) is 5. The van der Waals surface area contributed by atoms with Crippen LogP contribution in [0.4, 0.5) is 0 Å². The molecule has 222 valence electrons. The quantitative estimate of drug-likeness (QED) is 0.284. The Morgan fingerprint density at radius 3 is 2.38 bits per heavy atom. The van der Waals surface area contributed by atoms with Gasteiger partial charge >= 0.3 is 0 Å². The number of nitrogens with zero attached hydrogens (tertiary/aromatic N) is 1. The molecule has 6 heteroatoms. The minimum absolute atomic E-state index is 0.0537. The lowest BCUT2D eigenvalue weighted by Gasteiger charge is -2.67. The molecule has 0 saturated heterocycles. The molecule has 6 nitrogen and oxygen atoms in total. The molecular formula is C33H57N3O3. The zero-order chi connectivity index (χ0) is 28.2. The van der Waals surface area contributed by atoms with Crippen molar-refractivity contribution in [2.45, 2.75) is 136 Å². The number of H-pyrrole nitrogens is 1. The molecule has 11 atom stereocenters. The first-order valence-corrected chi connectivity index (χ1v) is 16.2. The highest BCUT2D eigenvalue weighted by atomic mass is 16.3. The zero-order valence-electron chi connectivity index (χ0n) is 25.5. The van der Waals surface area contributed by atoms with E-state index >= 15 is 0 Å². The maximum atomic E-state index is 12.4. The second-order valence-corrected chi connectivity index (χ2v) is 15.3. The molecule has 0 spiro atoms. The molecule has 5 rings (SSSR count). The summed E-state index contributed by atoms with van der Waals surface area (Å²) in [5.41, 5.74) is -0.722. The number of aliphatic hydroxyl groups excluding tert-OH is 1. The predicted octanol–water partition coefficient (Wildman–Crippen LogP) is 5.48. The Kier molecular flexibility index (Phi) is 8.11. The van der Waals surface area contributed by atoms with Gasteiger partial charge in [0.15, 0.2) is 0 Å². The van der Waals surface area contributed by atoms with Crippen LogP contribution in [0.25, 0.3) is 0 Å². The van der Waals surface area contributed by atoms with Gasteiger partial charge in [-0.2, -0.15) is 0 Å². The number of rotatable bonds is 9. The van der Waals surface area contributed by atoms with E-state index in [0.29, 0.717) is 41.9 Å². The number of fused-ring (bicyclic) bond motifs is 5. The molecule has 4 aliphatic carbocycles. The standard InChI is InChI=1S/C33H57N3O3/c1-21(2)22(3)7-8-23(4)32(38)15-11-28-26-17-29(35-16-12-24-19-34-20-36-24)33(39)18-25(37)9-13-31(33,6)27(26)10-14-30(28,32)5/h19-23,25-29,35,37-39H,7-18H2,1-6H3,(H,34,36)/t22-,23-,25+,26-,27+,28+,29-,30+,31-,32+,33+/m1/s1. The molecule has 4 aliphatic rings. The third-order valence-electron chi connectivity index (χ3n) is 13.4. The van der Waals surface area contributed by atoms with Crippen molar-refractivity contribution in [1.82, 2.24) is 15.3 Å². The molecule has 0 amide bonds. The van der Waals surface area contributed by atoms with E-state index in [1.807, 2.05) is 6.20 Å².